The Hall–Kier alpha value is -1.68. The van der Waals surface area contributed by atoms with E-state index in [1.54, 1.807) is 12.1 Å². The van der Waals surface area contributed by atoms with Crippen LogP contribution in [0, 0.1) is 11.7 Å². The Morgan fingerprint density at radius 3 is 2.62 bits per heavy atom. The highest BCUT2D eigenvalue weighted by atomic mass is 19.1. The van der Waals surface area contributed by atoms with Crippen LogP contribution in [0.5, 0.6) is 0 Å². The van der Waals surface area contributed by atoms with Crippen molar-refractivity contribution in [3.8, 4) is 11.3 Å². The van der Waals surface area contributed by atoms with E-state index in [-0.39, 0.29) is 5.82 Å². The molecule has 3 nitrogen and oxygen atoms in total. The summed E-state index contributed by atoms with van der Waals surface area (Å²) in [6.45, 7) is 0. The van der Waals surface area contributed by atoms with E-state index in [0.29, 0.717) is 18.0 Å². The number of imidazole rings is 1. The summed E-state index contributed by atoms with van der Waals surface area (Å²) in [6.07, 6.45) is 12.3. The highest BCUT2D eigenvalue weighted by Gasteiger charge is 2.31. The molecule has 2 fully saturated rings. The molecule has 0 radical (unpaired) electrons. The van der Waals surface area contributed by atoms with E-state index in [0.717, 1.165) is 17.1 Å². The lowest BCUT2D eigenvalue weighted by Gasteiger charge is -2.36. The second-order valence-corrected chi connectivity index (χ2v) is 7.36. The van der Waals surface area contributed by atoms with Crippen LogP contribution in [0.3, 0.4) is 0 Å². The van der Waals surface area contributed by atoms with E-state index >= 15 is 0 Å². The second kappa shape index (κ2) is 7.06. The summed E-state index contributed by atoms with van der Waals surface area (Å²) < 4.78 is 13.5. The van der Waals surface area contributed by atoms with Crippen LogP contribution in [-0.4, -0.2) is 16.0 Å². The van der Waals surface area contributed by atoms with Crippen molar-refractivity contribution in [2.75, 3.05) is 0 Å². The van der Waals surface area contributed by atoms with E-state index in [2.05, 4.69) is 15.3 Å². The number of nitrogens with zero attached hydrogens (tertiary/aromatic N) is 1. The van der Waals surface area contributed by atoms with Gasteiger partial charge in [0.2, 0.25) is 0 Å². The van der Waals surface area contributed by atoms with Crippen LogP contribution in [0.2, 0.25) is 0 Å². The van der Waals surface area contributed by atoms with Crippen LogP contribution < -0.4 is 5.32 Å². The third kappa shape index (κ3) is 3.39. The Bertz CT molecular complexity index is 671. The number of nitrogens with one attached hydrogen (secondary N) is 2. The normalized spacial score (nSPS) is 20.7. The zero-order chi connectivity index (χ0) is 16.4. The van der Waals surface area contributed by atoms with E-state index < -0.39 is 0 Å². The minimum Gasteiger partial charge on any atom is -0.341 e. The SMILES string of the molecule is Fc1cccc(-c2cnc(C(NC3CCC3)C3CCCCC3)[nH]2)c1. The second-order valence-electron chi connectivity index (χ2n) is 7.36. The first-order chi connectivity index (χ1) is 11.8. The molecule has 2 aromatic rings. The highest BCUT2D eigenvalue weighted by molar-refractivity contribution is 5.58. The number of hydrogen-bond acceptors (Lipinski definition) is 2. The van der Waals surface area contributed by atoms with Crippen LogP contribution in [0.1, 0.15) is 63.2 Å². The Kier molecular flexibility index (Phi) is 4.65. The predicted octanol–water partition coefficient (Wildman–Crippen LogP) is 4.98. The van der Waals surface area contributed by atoms with Crippen LogP contribution >= 0.6 is 0 Å². The molecule has 2 aliphatic carbocycles. The van der Waals surface area contributed by atoms with Crippen LogP contribution in [-0.2, 0) is 0 Å². The third-order valence-corrected chi connectivity index (χ3v) is 5.67. The molecule has 24 heavy (non-hydrogen) atoms. The van der Waals surface area contributed by atoms with Crippen molar-refractivity contribution in [1.29, 1.82) is 0 Å². The van der Waals surface area contributed by atoms with Gasteiger partial charge in [0.05, 0.1) is 17.9 Å². The molecule has 4 rings (SSSR count). The molecule has 2 aliphatic rings. The zero-order valence-corrected chi connectivity index (χ0v) is 14.1. The first kappa shape index (κ1) is 15.8. The fourth-order valence-corrected chi connectivity index (χ4v) is 4.03. The number of H-pyrrole nitrogens is 1. The zero-order valence-electron chi connectivity index (χ0n) is 14.1. The van der Waals surface area contributed by atoms with Crippen molar-refractivity contribution in [2.45, 2.75) is 63.5 Å². The van der Waals surface area contributed by atoms with Gasteiger partial charge >= 0.3 is 0 Å². The highest BCUT2D eigenvalue weighted by Crippen LogP contribution is 2.36. The van der Waals surface area contributed by atoms with Gasteiger partial charge in [-0.3, -0.25) is 0 Å². The lowest BCUT2D eigenvalue weighted by molar-refractivity contribution is 0.212. The van der Waals surface area contributed by atoms with Gasteiger partial charge in [-0.15, -0.1) is 0 Å². The van der Waals surface area contributed by atoms with Crippen molar-refractivity contribution < 1.29 is 4.39 Å². The van der Waals surface area contributed by atoms with Crippen molar-refractivity contribution in [2.24, 2.45) is 5.92 Å². The van der Waals surface area contributed by atoms with Crippen molar-refractivity contribution in [3.05, 3.63) is 42.1 Å². The van der Waals surface area contributed by atoms with Crippen molar-refractivity contribution in [1.82, 2.24) is 15.3 Å². The van der Waals surface area contributed by atoms with Gasteiger partial charge in [-0.2, -0.15) is 0 Å². The summed E-state index contributed by atoms with van der Waals surface area (Å²) in [7, 11) is 0. The summed E-state index contributed by atoms with van der Waals surface area (Å²) in [5, 5.41) is 3.85. The maximum absolute atomic E-state index is 13.5. The van der Waals surface area contributed by atoms with Gasteiger partial charge in [-0.1, -0.05) is 37.8 Å². The molecule has 1 unspecified atom stereocenters. The van der Waals surface area contributed by atoms with E-state index in [4.69, 9.17) is 0 Å². The van der Waals surface area contributed by atoms with Gasteiger partial charge in [0.15, 0.2) is 0 Å². The largest absolute Gasteiger partial charge is 0.341 e. The molecule has 2 saturated carbocycles. The van der Waals surface area contributed by atoms with Crippen LogP contribution in [0.4, 0.5) is 4.39 Å². The Balaban J connectivity index is 1.57. The molecule has 1 heterocycles. The fourth-order valence-electron chi connectivity index (χ4n) is 4.03. The molecule has 2 N–H and O–H groups in total. The first-order valence-electron chi connectivity index (χ1n) is 9.36. The molecule has 1 atom stereocenters. The molecule has 0 bridgehead atoms. The van der Waals surface area contributed by atoms with Gasteiger partial charge < -0.3 is 10.3 Å². The fraction of sp³-hybridized carbons (Fsp3) is 0.550. The summed E-state index contributed by atoms with van der Waals surface area (Å²) in [6, 6.07) is 7.65. The lowest BCUT2D eigenvalue weighted by atomic mass is 9.82. The van der Waals surface area contributed by atoms with E-state index in [1.165, 1.54) is 57.4 Å². The summed E-state index contributed by atoms with van der Waals surface area (Å²) >= 11 is 0. The Morgan fingerprint density at radius 1 is 1.08 bits per heavy atom. The van der Waals surface area contributed by atoms with Gasteiger partial charge in [-0.25, -0.2) is 9.37 Å². The standard InChI is InChI=1S/C20H26FN3/c21-16-9-4-8-15(12-16)18-13-22-20(24-18)19(23-17-10-5-11-17)14-6-2-1-3-7-14/h4,8-9,12-14,17,19,23H,1-3,5-7,10-11H2,(H,22,24). The molecule has 1 aromatic carbocycles. The molecule has 0 aliphatic heterocycles. The number of aromatic nitrogens is 2. The Labute approximate surface area is 143 Å². The molecular weight excluding hydrogens is 301 g/mol. The van der Waals surface area contributed by atoms with Crippen molar-refractivity contribution in [3.63, 3.8) is 0 Å². The number of hydrogen-bond donors (Lipinski definition) is 2. The molecule has 1 aromatic heterocycles. The van der Waals surface area contributed by atoms with Crippen molar-refractivity contribution >= 4 is 0 Å². The Morgan fingerprint density at radius 2 is 1.92 bits per heavy atom. The summed E-state index contributed by atoms with van der Waals surface area (Å²) in [5.74, 6) is 1.47. The molecule has 128 valence electrons. The molecule has 0 spiro atoms. The van der Waals surface area contributed by atoms with E-state index in [9.17, 15) is 4.39 Å². The molecule has 0 saturated heterocycles. The summed E-state index contributed by atoms with van der Waals surface area (Å²) in [4.78, 5) is 8.14. The lowest BCUT2D eigenvalue weighted by Crippen LogP contribution is -2.41. The van der Waals surface area contributed by atoms with Gasteiger partial charge in [0, 0.05) is 11.6 Å². The maximum Gasteiger partial charge on any atom is 0.124 e. The molecular formula is C20H26FN3. The smallest absolute Gasteiger partial charge is 0.124 e. The maximum atomic E-state index is 13.5. The van der Waals surface area contributed by atoms with Gasteiger partial charge in [0.25, 0.3) is 0 Å². The number of rotatable bonds is 5. The number of benzene rings is 1. The first-order valence-corrected chi connectivity index (χ1v) is 9.36. The van der Waals surface area contributed by atoms with E-state index in [1.807, 2.05) is 12.3 Å². The van der Waals surface area contributed by atoms with Gasteiger partial charge in [0.1, 0.15) is 11.6 Å². The van der Waals surface area contributed by atoms with Crippen LogP contribution in [0.15, 0.2) is 30.5 Å². The molecule has 4 heteroatoms. The topological polar surface area (TPSA) is 40.7 Å². The average Bonchev–Trinajstić information content (AvgIpc) is 3.04. The predicted molar refractivity (Wildman–Crippen MR) is 94.1 cm³/mol. The molecule has 0 amide bonds. The minimum absolute atomic E-state index is 0.208. The summed E-state index contributed by atoms with van der Waals surface area (Å²) in [5.41, 5.74) is 1.76. The third-order valence-electron chi connectivity index (χ3n) is 5.67. The quantitative estimate of drug-likeness (QED) is 0.813. The monoisotopic (exact) mass is 327 g/mol. The number of halogens is 1. The number of aromatic amines is 1. The minimum atomic E-state index is -0.208. The van der Waals surface area contributed by atoms with Crippen LogP contribution in [0.25, 0.3) is 11.3 Å². The van der Waals surface area contributed by atoms with Gasteiger partial charge in [-0.05, 0) is 43.7 Å². The average molecular weight is 327 g/mol.